The van der Waals surface area contributed by atoms with Crippen LogP contribution in [0.25, 0.3) is 0 Å². The molecule has 4 rings (SSSR count). The molecule has 0 spiro atoms. The molecule has 5 nitrogen and oxygen atoms in total. The summed E-state index contributed by atoms with van der Waals surface area (Å²) in [4.78, 5) is 20.7. The lowest BCUT2D eigenvalue weighted by Crippen LogP contribution is -2.19. The molecule has 1 aliphatic heterocycles. The molecule has 0 saturated carbocycles. The van der Waals surface area contributed by atoms with Crippen LogP contribution in [0.4, 0.5) is 5.69 Å². The second-order valence-corrected chi connectivity index (χ2v) is 6.21. The third-order valence-electron chi connectivity index (χ3n) is 4.20. The molecule has 5 heteroatoms. The average Bonchev–Trinajstić information content (AvgIpc) is 2.72. The molecule has 1 aromatic heterocycles. The number of fused-ring (bicyclic) bond motifs is 1. The molecule has 134 valence electrons. The van der Waals surface area contributed by atoms with Crippen LogP contribution in [-0.2, 0) is 6.61 Å². The molecule has 0 N–H and O–H groups in total. The number of hydrogen-bond donors (Lipinski definition) is 0. The van der Waals surface area contributed by atoms with Crippen LogP contribution < -0.4 is 9.47 Å². The number of Topliss-reactive ketones (excluding diaryl/α,β-unsaturated/α-hetero) is 1. The minimum atomic E-state index is 0.0425. The maximum atomic E-state index is 12.2. The first-order chi connectivity index (χ1) is 13.3. The van der Waals surface area contributed by atoms with E-state index in [9.17, 15) is 4.79 Å². The number of aliphatic imine (C=N–C) groups is 1. The first kappa shape index (κ1) is 17.0. The van der Waals surface area contributed by atoms with Gasteiger partial charge in [-0.05, 0) is 23.8 Å². The average molecular weight is 358 g/mol. The molecule has 0 atom stereocenters. The lowest BCUT2D eigenvalue weighted by Gasteiger charge is -2.15. The van der Waals surface area contributed by atoms with Crippen molar-refractivity contribution in [1.82, 2.24) is 4.98 Å². The van der Waals surface area contributed by atoms with E-state index in [0.717, 1.165) is 11.3 Å². The Morgan fingerprint density at radius 2 is 1.67 bits per heavy atom. The van der Waals surface area contributed by atoms with E-state index in [1.807, 2.05) is 54.6 Å². The molecule has 0 bridgehead atoms. The van der Waals surface area contributed by atoms with Crippen LogP contribution in [0.1, 0.15) is 22.3 Å². The predicted molar refractivity (Wildman–Crippen MR) is 103 cm³/mol. The Morgan fingerprint density at radius 3 is 2.48 bits per heavy atom. The van der Waals surface area contributed by atoms with Crippen molar-refractivity contribution >= 4 is 17.2 Å². The van der Waals surface area contributed by atoms with Gasteiger partial charge < -0.3 is 9.47 Å². The summed E-state index contributed by atoms with van der Waals surface area (Å²) in [6.07, 6.45) is 3.47. The van der Waals surface area contributed by atoms with Gasteiger partial charge in [-0.2, -0.15) is 0 Å². The van der Waals surface area contributed by atoms with E-state index in [1.54, 1.807) is 18.5 Å². The van der Waals surface area contributed by atoms with Gasteiger partial charge in [0.05, 0.1) is 24.0 Å². The monoisotopic (exact) mass is 358 g/mol. The Hall–Kier alpha value is -3.47. The molecule has 0 saturated heterocycles. The minimum absolute atomic E-state index is 0.0425. The molecule has 3 aromatic rings. The molecular formula is C22H18N2O3. The van der Waals surface area contributed by atoms with Gasteiger partial charge in [-0.1, -0.05) is 36.4 Å². The first-order valence-corrected chi connectivity index (χ1v) is 8.71. The van der Waals surface area contributed by atoms with Gasteiger partial charge in [0, 0.05) is 17.8 Å². The van der Waals surface area contributed by atoms with Crippen molar-refractivity contribution in [3.8, 4) is 11.5 Å². The molecule has 0 aliphatic carbocycles. The maximum Gasteiger partial charge on any atom is 0.170 e. The summed E-state index contributed by atoms with van der Waals surface area (Å²) in [6, 6.07) is 19.1. The van der Waals surface area contributed by atoms with Crippen molar-refractivity contribution in [3.05, 3.63) is 84.2 Å². The highest BCUT2D eigenvalue weighted by molar-refractivity contribution is 6.16. The van der Waals surface area contributed by atoms with Crippen LogP contribution in [0.3, 0.4) is 0 Å². The Balaban J connectivity index is 1.39. The number of ketones is 1. The van der Waals surface area contributed by atoms with Crippen molar-refractivity contribution < 1.29 is 14.3 Å². The highest BCUT2D eigenvalue weighted by atomic mass is 16.5. The van der Waals surface area contributed by atoms with Crippen molar-refractivity contribution in [2.24, 2.45) is 4.99 Å². The summed E-state index contributed by atoms with van der Waals surface area (Å²) in [6.45, 7) is 0.748. The third kappa shape index (κ3) is 4.20. The van der Waals surface area contributed by atoms with Gasteiger partial charge in [-0.15, -0.1) is 0 Å². The molecule has 0 fully saturated rings. The molecule has 27 heavy (non-hydrogen) atoms. The lowest BCUT2D eigenvalue weighted by molar-refractivity contribution is 0.0998. The molecule has 0 amide bonds. The summed E-state index contributed by atoms with van der Waals surface area (Å²) in [7, 11) is 0. The zero-order chi connectivity index (χ0) is 18.5. The van der Waals surface area contributed by atoms with Crippen molar-refractivity contribution in [3.63, 3.8) is 0 Å². The summed E-state index contributed by atoms with van der Waals surface area (Å²) >= 11 is 0. The first-order valence-electron chi connectivity index (χ1n) is 8.71. The highest BCUT2D eigenvalue weighted by Crippen LogP contribution is 2.25. The Kier molecular flexibility index (Phi) is 4.92. The molecule has 2 heterocycles. The van der Waals surface area contributed by atoms with E-state index >= 15 is 0 Å². The Labute approximate surface area is 157 Å². The second kappa shape index (κ2) is 7.83. The fraction of sp³-hybridized carbons (Fsp3) is 0.136. The molecular weight excluding hydrogens is 340 g/mol. The minimum Gasteiger partial charge on any atom is -0.489 e. The van der Waals surface area contributed by atoms with Gasteiger partial charge in [-0.3, -0.25) is 14.8 Å². The zero-order valence-electron chi connectivity index (χ0n) is 14.7. The van der Waals surface area contributed by atoms with Gasteiger partial charge in [0.25, 0.3) is 0 Å². The van der Waals surface area contributed by atoms with Crippen molar-refractivity contribution in [1.29, 1.82) is 0 Å². The maximum absolute atomic E-state index is 12.2. The van der Waals surface area contributed by atoms with Gasteiger partial charge in [0.1, 0.15) is 24.7 Å². The lowest BCUT2D eigenvalue weighted by atomic mass is 10.0. The normalized spacial score (nSPS) is 12.9. The largest absolute Gasteiger partial charge is 0.489 e. The number of benzene rings is 2. The smallest absolute Gasteiger partial charge is 0.170 e. The van der Waals surface area contributed by atoms with E-state index < -0.39 is 0 Å². The Bertz CT molecular complexity index is 984. The molecule has 2 aromatic carbocycles. The SMILES string of the molecule is O=C1CC(COc2cccc(OCc3ccccc3)c2)=Nc2cnccc21. The van der Waals surface area contributed by atoms with Crippen LogP contribution in [0.2, 0.25) is 0 Å². The van der Waals surface area contributed by atoms with Crippen LogP contribution >= 0.6 is 0 Å². The van der Waals surface area contributed by atoms with E-state index in [1.165, 1.54) is 0 Å². The van der Waals surface area contributed by atoms with Crippen LogP contribution in [-0.4, -0.2) is 23.1 Å². The van der Waals surface area contributed by atoms with Gasteiger partial charge >= 0.3 is 0 Å². The summed E-state index contributed by atoms with van der Waals surface area (Å²) in [5, 5.41) is 0. The number of rotatable bonds is 6. The number of carbonyl (C=O) groups is 1. The fourth-order valence-electron chi connectivity index (χ4n) is 2.85. The third-order valence-corrected chi connectivity index (χ3v) is 4.20. The standard InChI is InChI=1S/C22H18N2O3/c25-22-11-17(24-21-13-23-10-9-20(21)22)15-27-19-8-4-7-18(12-19)26-14-16-5-2-1-3-6-16/h1-10,12-13H,11,14-15H2. The second-order valence-electron chi connectivity index (χ2n) is 6.21. The molecule has 0 unspecified atom stereocenters. The van der Waals surface area contributed by atoms with E-state index in [-0.39, 0.29) is 18.8 Å². The van der Waals surface area contributed by atoms with E-state index in [2.05, 4.69) is 9.98 Å². The fourth-order valence-corrected chi connectivity index (χ4v) is 2.85. The number of hydrogen-bond acceptors (Lipinski definition) is 5. The number of aromatic nitrogens is 1. The number of ether oxygens (including phenoxy) is 2. The topological polar surface area (TPSA) is 60.8 Å². The molecule has 0 radical (unpaired) electrons. The van der Waals surface area contributed by atoms with Gasteiger partial charge in [-0.25, -0.2) is 0 Å². The summed E-state index contributed by atoms with van der Waals surface area (Å²) < 4.78 is 11.6. The Morgan fingerprint density at radius 1 is 0.889 bits per heavy atom. The zero-order valence-corrected chi connectivity index (χ0v) is 14.7. The number of carbonyl (C=O) groups excluding carboxylic acids is 1. The van der Waals surface area contributed by atoms with E-state index in [0.29, 0.717) is 29.3 Å². The van der Waals surface area contributed by atoms with Crippen LogP contribution in [0.5, 0.6) is 11.5 Å². The van der Waals surface area contributed by atoms with Crippen LogP contribution in [0, 0.1) is 0 Å². The van der Waals surface area contributed by atoms with E-state index in [4.69, 9.17) is 9.47 Å². The van der Waals surface area contributed by atoms with Gasteiger partial charge in [0.2, 0.25) is 0 Å². The predicted octanol–water partition coefficient (Wildman–Crippen LogP) is 4.40. The number of nitrogens with zero attached hydrogens (tertiary/aromatic N) is 2. The van der Waals surface area contributed by atoms with Crippen molar-refractivity contribution in [2.45, 2.75) is 13.0 Å². The van der Waals surface area contributed by atoms with Gasteiger partial charge in [0.15, 0.2) is 5.78 Å². The summed E-state index contributed by atoms with van der Waals surface area (Å²) in [5.41, 5.74) is 3.01. The van der Waals surface area contributed by atoms with Crippen molar-refractivity contribution in [2.75, 3.05) is 6.61 Å². The highest BCUT2D eigenvalue weighted by Gasteiger charge is 2.20. The number of pyridine rings is 1. The van der Waals surface area contributed by atoms with Crippen LogP contribution in [0.15, 0.2) is 78.0 Å². The quantitative estimate of drug-likeness (QED) is 0.655. The molecule has 1 aliphatic rings. The summed E-state index contributed by atoms with van der Waals surface area (Å²) in [5.74, 6) is 1.45.